The molecule has 1 saturated heterocycles. The van der Waals surface area contributed by atoms with Gasteiger partial charge in [0, 0.05) is 12.6 Å². The van der Waals surface area contributed by atoms with Crippen LogP contribution in [0, 0.1) is 0 Å². The van der Waals surface area contributed by atoms with Crippen molar-refractivity contribution in [2.75, 3.05) is 26.3 Å². The lowest BCUT2D eigenvalue weighted by Crippen LogP contribution is -2.38. The highest BCUT2D eigenvalue weighted by molar-refractivity contribution is 5.77. The number of piperidine rings is 1. The van der Waals surface area contributed by atoms with E-state index in [1.165, 1.54) is 12.8 Å². The first kappa shape index (κ1) is 12.2. The lowest BCUT2D eigenvalue weighted by atomic mass is 10.1. The number of carbonyl (C=O) groups excluding carboxylic acids is 1. The molecule has 0 aliphatic carbocycles. The molecule has 2 N–H and O–H groups in total. The fraction of sp³-hybridized carbons (Fsp3) is 0.727. The van der Waals surface area contributed by atoms with E-state index < -0.39 is 0 Å². The second kappa shape index (κ2) is 7.43. The third-order valence-electron chi connectivity index (χ3n) is 2.41. The lowest BCUT2D eigenvalue weighted by molar-refractivity contribution is -0.125. The second-order valence-corrected chi connectivity index (χ2v) is 3.75. The van der Waals surface area contributed by atoms with E-state index in [0.29, 0.717) is 19.2 Å². The Bertz CT molecular complexity index is 201. The Hall–Kier alpha value is -0.870. The third-order valence-corrected chi connectivity index (χ3v) is 2.41. The average Bonchev–Trinajstić information content (AvgIpc) is 2.28. The minimum absolute atomic E-state index is 0.0780. The molecule has 0 radical (unpaired) electrons. The molecule has 0 aromatic heterocycles. The van der Waals surface area contributed by atoms with Crippen LogP contribution in [0.25, 0.3) is 0 Å². The van der Waals surface area contributed by atoms with Crippen molar-refractivity contribution in [3.63, 3.8) is 0 Å². The fourth-order valence-corrected chi connectivity index (χ4v) is 1.60. The molecule has 1 aliphatic rings. The van der Waals surface area contributed by atoms with Crippen molar-refractivity contribution < 1.29 is 9.53 Å². The second-order valence-electron chi connectivity index (χ2n) is 3.75. The van der Waals surface area contributed by atoms with Gasteiger partial charge in [-0.15, -0.1) is 6.58 Å². The van der Waals surface area contributed by atoms with Gasteiger partial charge in [-0.3, -0.25) is 4.79 Å². The highest BCUT2D eigenvalue weighted by atomic mass is 16.5. The van der Waals surface area contributed by atoms with E-state index in [1.54, 1.807) is 6.08 Å². The van der Waals surface area contributed by atoms with Crippen LogP contribution < -0.4 is 10.6 Å². The van der Waals surface area contributed by atoms with E-state index in [-0.39, 0.29) is 12.5 Å². The summed E-state index contributed by atoms with van der Waals surface area (Å²) < 4.78 is 5.32. The average molecular weight is 212 g/mol. The number of hydrogen-bond acceptors (Lipinski definition) is 3. The molecule has 4 heteroatoms. The minimum Gasteiger partial charge on any atom is -0.370 e. The van der Waals surface area contributed by atoms with Gasteiger partial charge in [-0.2, -0.15) is 0 Å². The van der Waals surface area contributed by atoms with Gasteiger partial charge in [-0.25, -0.2) is 0 Å². The molecule has 1 rings (SSSR count). The topological polar surface area (TPSA) is 50.4 Å². The molecule has 0 aromatic rings. The molecule has 0 aromatic carbocycles. The molecular weight excluding hydrogens is 192 g/mol. The van der Waals surface area contributed by atoms with Gasteiger partial charge in [0.15, 0.2) is 0 Å². The summed E-state index contributed by atoms with van der Waals surface area (Å²) in [5.74, 6) is -0.0780. The Kier molecular flexibility index (Phi) is 6.04. The highest BCUT2D eigenvalue weighted by Gasteiger charge is 2.12. The number of nitrogens with one attached hydrogen (secondary N) is 2. The van der Waals surface area contributed by atoms with Crippen LogP contribution in [0.4, 0.5) is 0 Å². The van der Waals surface area contributed by atoms with Gasteiger partial charge in [-0.05, 0) is 19.4 Å². The van der Waals surface area contributed by atoms with Crippen molar-refractivity contribution in [2.45, 2.75) is 25.3 Å². The lowest BCUT2D eigenvalue weighted by Gasteiger charge is -2.22. The van der Waals surface area contributed by atoms with E-state index in [9.17, 15) is 4.79 Å². The van der Waals surface area contributed by atoms with Gasteiger partial charge in [0.05, 0.1) is 6.61 Å². The molecule has 1 atom stereocenters. The molecular formula is C11H20N2O2. The van der Waals surface area contributed by atoms with Crippen LogP contribution >= 0.6 is 0 Å². The number of amides is 1. The molecule has 86 valence electrons. The van der Waals surface area contributed by atoms with Crippen molar-refractivity contribution in [1.29, 1.82) is 0 Å². The summed E-state index contributed by atoms with van der Waals surface area (Å²) in [6.45, 7) is 5.86. The van der Waals surface area contributed by atoms with Gasteiger partial charge < -0.3 is 15.4 Å². The molecule has 1 amide bonds. The number of carbonyl (C=O) groups is 1. The maximum Gasteiger partial charge on any atom is 0.246 e. The van der Waals surface area contributed by atoms with Gasteiger partial charge in [0.1, 0.15) is 6.61 Å². The van der Waals surface area contributed by atoms with Crippen LogP contribution in [0.2, 0.25) is 0 Å². The first-order chi connectivity index (χ1) is 7.33. The van der Waals surface area contributed by atoms with Gasteiger partial charge in [0.2, 0.25) is 5.91 Å². The molecule has 1 unspecified atom stereocenters. The number of rotatable bonds is 6. The summed E-state index contributed by atoms with van der Waals surface area (Å²) in [4.78, 5) is 11.1. The standard InChI is InChI=1S/C11H20N2O2/c1-2-6-13-11(14)9-15-8-10-5-3-4-7-12-10/h2,10,12H,1,3-9H2,(H,13,14). The normalized spacial score (nSPS) is 20.9. The quantitative estimate of drug-likeness (QED) is 0.628. The summed E-state index contributed by atoms with van der Waals surface area (Å²) in [6.07, 6.45) is 5.30. The Labute approximate surface area is 91.1 Å². The zero-order valence-electron chi connectivity index (χ0n) is 9.13. The van der Waals surface area contributed by atoms with Crippen LogP contribution in [-0.2, 0) is 9.53 Å². The van der Waals surface area contributed by atoms with E-state index >= 15 is 0 Å². The molecule has 0 saturated carbocycles. The third kappa shape index (κ3) is 5.54. The largest absolute Gasteiger partial charge is 0.370 e. The van der Waals surface area contributed by atoms with Crippen molar-refractivity contribution in [2.24, 2.45) is 0 Å². The number of hydrogen-bond donors (Lipinski definition) is 2. The molecule has 1 aliphatic heterocycles. The van der Waals surface area contributed by atoms with E-state index in [0.717, 1.165) is 13.0 Å². The fourth-order valence-electron chi connectivity index (χ4n) is 1.60. The Morgan fingerprint density at radius 3 is 3.13 bits per heavy atom. The monoisotopic (exact) mass is 212 g/mol. The van der Waals surface area contributed by atoms with E-state index in [1.807, 2.05) is 0 Å². The Morgan fingerprint density at radius 1 is 1.60 bits per heavy atom. The zero-order valence-corrected chi connectivity index (χ0v) is 9.13. The Balaban J connectivity index is 1.99. The minimum atomic E-state index is -0.0780. The molecule has 4 nitrogen and oxygen atoms in total. The smallest absolute Gasteiger partial charge is 0.246 e. The van der Waals surface area contributed by atoms with Crippen molar-refractivity contribution in [3.05, 3.63) is 12.7 Å². The maximum atomic E-state index is 11.1. The SMILES string of the molecule is C=CCNC(=O)COCC1CCCCN1. The summed E-state index contributed by atoms with van der Waals surface area (Å²) >= 11 is 0. The van der Waals surface area contributed by atoms with Crippen molar-refractivity contribution in [3.8, 4) is 0 Å². The van der Waals surface area contributed by atoms with Gasteiger partial charge >= 0.3 is 0 Å². The first-order valence-corrected chi connectivity index (χ1v) is 5.51. The van der Waals surface area contributed by atoms with E-state index in [2.05, 4.69) is 17.2 Å². The molecule has 1 fully saturated rings. The summed E-state index contributed by atoms with van der Waals surface area (Å²) in [7, 11) is 0. The highest BCUT2D eigenvalue weighted by Crippen LogP contribution is 2.06. The van der Waals surface area contributed by atoms with Crippen LogP contribution in [0.3, 0.4) is 0 Å². The van der Waals surface area contributed by atoms with Crippen LogP contribution in [0.1, 0.15) is 19.3 Å². The maximum absolute atomic E-state index is 11.1. The van der Waals surface area contributed by atoms with Gasteiger partial charge in [-0.1, -0.05) is 12.5 Å². The summed E-state index contributed by atoms with van der Waals surface area (Å²) in [5, 5.41) is 6.03. The van der Waals surface area contributed by atoms with Gasteiger partial charge in [0.25, 0.3) is 0 Å². The molecule has 15 heavy (non-hydrogen) atoms. The molecule has 1 heterocycles. The van der Waals surface area contributed by atoms with Crippen LogP contribution in [-0.4, -0.2) is 38.3 Å². The summed E-state index contributed by atoms with van der Waals surface area (Å²) in [5.41, 5.74) is 0. The van der Waals surface area contributed by atoms with Crippen molar-refractivity contribution >= 4 is 5.91 Å². The first-order valence-electron chi connectivity index (χ1n) is 5.51. The molecule has 0 spiro atoms. The Morgan fingerprint density at radius 2 is 2.47 bits per heavy atom. The zero-order chi connectivity index (χ0) is 10.9. The predicted molar refractivity (Wildman–Crippen MR) is 59.7 cm³/mol. The number of ether oxygens (including phenoxy) is 1. The van der Waals surface area contributed by atoms with Crippen LogP contribution in [0.15, 0.2) is 12.7 Å². The summed E-state index contributed by atoms with van der Waals surface area (Å²) in [6, 6.07) is 0.422. The van der Waals surface area contributed by atoms with E-state index in [4.69, 9.17) is 4.74 Å². The molecule has 0 bridgehead atoms. The van der Waals surface area contributed by atoms with Crippen LogP contribution in [0.5, 0.6) is 0 Å². The predicted octanol–water partition coefficient (Wildman–Crippen LogP) is 0.447. The van der Waals surface area contributed by atoms with Crippen molar-refractivity contribution in [1.82, 2.24) is 10.6 Å².